The summed E-state index contributed by atoms with van der Waals surface area (Å²) in [6, 6.07) is 11.9. The highest BCUT2D eigenvalue weighted by atomic mass is 16.5. The number of rotatable bonds is 5. The van der Waals surface area contributed by atoms with Gasteiger partial charge in [-0.25, -0.2) is 15.0 Å². The minimum atomic E-state index is 0.386. The number of nitrogen functional groups attached to an aromatic ring is 1. The van der Waals surface area contributed by atoms with Crippen LogP contribution in [0.25, 0.3) is 33.1 Å². The molecule has 5 aromatic rings. The van der Waals surface area contributed by atoms with E-state index < -0.39 is 0 Å². The second kappa shape index (κ2) is 7.56. The molecule has 0 saturated carbocycles. The van der Waals surface area contributed by atoms with Crippen molar-refractivity contribution in [3.8, 4) is 16.9 Å². The molecule has 0 aliphatic carbocycles. The van der Waals surface area contributed by atoms with Crippen LogP contribution in [0, 0.1) is 6.92 Å². The lowest BCUT2D eigenvalue weighted by molar-refractivity contribution is 0.306. The van der Waals surface area contributed by atoms with Gasteiger partial charge in [-0.15, -0.1) is 0 Å². The van der Waals surface area contributed by atoms with E-state index in [1.54, 1.807) is 6.20 Å². The fourth-order valence-corrected chi connectivity index (χ4v) is 3.69. The highest BCUT2D eigenvalue weighted by molar-refractivity contribution is 5.98. The number of hydrogen-bond acceptors (Lipinski definition) is 7. The summed E-state index contributed by atoms with van der Waals surface area (Å²) in [5, 5.41) is 4.12. The fraction of sp³-hybridized carbons (Fsp3) is 0.130. The molecule has 4 aromatic heterocycles. The van der Waals surface area contributed by atoms with Gasteiger partial charge in [0.25, 0.3) is 0 Å². The normalized spacial score (nSPS) is 11.2. The van der Waals surface area contributed by atoms with Crippen LogP contribution in [0.1, 0.15) is 11.3 Å². The number of nitrogens with zero attached hydrogens (tertiary/aromatic N) is 4. The van der Waals surface area contributed by atoms with E-state index in [0.29, 0.717) is 12.4 Å². The van der Waals surface area contributed by atoms with Crippen LogP contribution >= 0.6 is 0 Å². The number of fused-ring (bicyclic) bond motifs is 2. The first-order chi connectivity index (χ1) is 15.1. The molecule has 0 fully saturated rings. The van der Waals surface area contributed by atoms with Crippen molar-refractivity contribution in [2.75, 3.05) is 18.1 Å². The van der Waals surface area contributed by atoms with Crippen molar-refractivity contribution in [3.05, 3.63) is 66.4 Å². The minimum absolute atomic E-state index is 0.386. The number of ether oxygens (including phenoxy) is 1. The van der Waals surface area contributed by atoms with Gasteiger partial charge in [0, 0.05) is 53.3 Å². The zero-order valence-corrected chi connectivity index (χ0v) is 17.2. The van der Waals surface area contributed by atoms with Crippen molar-refractivity contribution in [1.29, 1.82) is 0 Å². The van der Waals surface area contributed by atoms with Crippen LogP contribution < -0.4 is 15.8 Å². The summed E-state index contributed by atoms with van der Waals surface area (Å²) < 4.78 is 6.03. The minimum Gasteiger partial charge on any atom is -0.489 e. The molecule has 4 heterocycles. The Bertz CT molecular complexity index is 1410. The maximum absolute atomic E-state index is 6.03. The molecule has 0 atom stereocenters. The van der Waals surface area contributed by atoms with Crippen LogP contribution in [0.3, 0.4) is 0 Å². The van der Waals surface area contributed by atoms with Crippen LogP contribution in [-0.4, -0.2) is 32.0 Å². The van der Waals surface area contributed by atoms with Gasteiger partial charge in [-0.2, -0.15) is 0 Å². The van der Waals surface area contributed by atoms with Gasteiger partial charge in [0.15, 0.2) is 5.82 Å². The largest absolute Gasteiger partial charge is 0.489 e. The summed E-state index contributed by atoms with van der Waals surface area (Å²) in [4.78, 5) is 20.7. The van der Waals surface area contributed by atoms with Crippen molar-refractivity contribution >= 4 is 33.6 Å². The molecule has 0 saturated heterocycles. The van der Waals surface area contributed by atoms with Crippen LogP contribution in [0.15, 0.2) is 55.1 Å². The number of H-pyrrole nitrogens is 1. The molecule has 0 aliphatic heterocycles. The third kappa shape index (κ3) is 3.48. The number of pyridine rings is 2. The Balaban J connectivity index is 1.42. The van der Waals surface area contributed by atoms with E-state index in [-0.39, 0.29) is 0 Å². The quantitative estimate of drug-likeness (QED) is 0.399. The Kier molecular flexibility index (Phi) is 4.59. The number of aromatic amines is 1. The van der Waals surface area contributed by atoms with E-state index in [2.05, 4.69) is 36.3 Å². The van der Waals surface area contributed by atoms with Crippen LogP contribution in [-0.2, 0) is 6.61 Å². The lowest BCUT2D eigenvalue weighted by Gasteiger charge is -2.09. The standard InChI is InChI=1S/C23H21N7O/c1-13-20(21-22(29-13)23(24)28-12-27-21)16-7-14(9-26-10-16)11-31-17-5-3-15-4-6-19(25-2)30-18(15)8-17/h3-10,12,29H,11H2,1-2H3,(H,25,30)(H2,24,27,28). The molecule has 0 spiro atoms. The van der Waals surface area contributed by atoms with Gasteiger partial charge in [-0.05, 0) is 37.3 Å². The molecule has 8 nitrogen and oxygen atoms in total. The predicted octanol–water partition coefficient (Wildman–Crippen LogP) is 4.08. The molecule has 5 rings (SSSR count). The summed E-state index contributed by atoms with van der Waals surface area (Å²) in [6.07, 6.45) is 5.09. The van der Waals surface area contributed by atoms with Crippen molar-refractivity contribution < 1.29 is 4.74 Å². The first kappa shape index (κ1) is 18.8. The predicted molar refractivity (Wildman–Crippen MR) is 122 cm³/mol. The average molecular weight is 411 g/mol. The number of benzene rings is 1. The summed E-state index contributed by atoms with van der Waals surface area (Å²) in [5.41, 5.74) is 12.2. The van der Waals surface area contributed by atoms with E-state index in [1.807, 2.05) is 50.5 Å². The number of aromatic nitrogens is 5. The number of anilines is 2. The smallest absolute Gasteiger partial charge is 0.151 e. The summed E-state index contributed by atoms with van der Waals surface area (Å²) in [7, 11) is 1.85. The second-order valence-electron chi connectivity index (χ2n) is 7.28. The van der Waals surface area contributed by atoms with Gasteiger partial charge < -0.3 is 20.8 Å². The Labute approximate surface area is 178 Å². The van der Waals surface area contributed by atoms with Gasteiger partial charge >= 0.3 is 0 Å². The number of hydrogen-bond donors (Lipinski definition) is 3. The lowest BCUT2D eigenvalue weighted by atomic mass is 10.1. The van der Waals surface area contributed by atoms with Crippen LogP contribution in [0.4, 0.5) is 11.6 Å². The molecular weight excluding hydrogens is 390 g/mol. The lowest BCUT2D eigenvalue weighted by Crippen LogP contribution is -1.98. The number of aryl methyl sites for hydroxylation is 1. The zero-order valence-electron chi connectivity index (χ0n) is 17.2. The molecule has 31 heavy (non-hydrogen) atoms. The molecule has 1 aromatic carbocycles. The van der Waals surface area contributed by atoms with Crippen LogP contribution in [0.5, 0.6) is 5.75 Å². The van der Waals surface area contributed by atoms with E-state index in [4.69, 9.17) is 10.5 Å². The van der Waals surface area contributed by atoms with E-state index >= 15 is 0 Å². The van der Waals surface area contributed by atoms with E-state index in [1.165, 1.54) is 6.33 Å². The van der Waals surface area contributed by atoms with Crippen molar-refractivity contribution in [2.24, 2.45) is 0 Å². The molecular formula is C23H21N7O. The Hall–Kier alpha value is -4.20. The maximum Gasteiger partial charge on any atom is 0.151 e. The summed E-state index contributed by atoms with van der Waals surface area (Å²) in [6.45, 7) is 2.37. The third-order valence-corrected chi connectivity index (χ3v) is 5.21. The molecule has 8 heteroatoms. The third-order valence-electron chi connectivity index (χ3n) is 5.21. The molecule has 0 bridgehead atoms. The molecule has 0 amide bonds. The fourth-order valence-electron chi connectivity index (χ4n) is 3.69. The first-order valence-corrected chi connectivity index (χ1v) is 9.87. The van der Waals surface area contributed by atoms with Gasteiger partial charge in [0.2, 0.25) is 0 Å². The van der Waals surface area contributed by atoms with Crippen molar-refractivity contribution in [1.82, 2.24) is 24.9 Å². The summed E-state index contributed by atoms with van der Waals surface area (Å²) >= 11 is 0. The topological polar surface area (TPSA) is 115 Å². The van der Waals surface area contributed by atoms with E-state index in [0.717, 1.165) is 55.9 Å². The van der Waals surface area contributed by atoms with Crippen molar-refractivity contribution in [3.63, 3.8) is 0 Å². The second-order valence-corrected chi connectivity index (χ2v) is 7.28. The molecule has 0 radical (unpaired) electrons. The highest BCUT2D eigenvalue weighted by Crippen LogP contribution is 2.32. The zero-order chi connectivity index (χ0) is 21.4. The summed E-state index contributed by atoms with van der Waals surface area (Å²) in [5.74, 6) is 2.00. The van der Waals surface area contributed by atoms with Gasteiger partial charge in [0.1, 0.15) is 35.5 Å². The molecule has 154 valence electrons. The van der Waals surface area contributed by atoms with Crippen molar-refractivity contribution in [2.45, 2.75) is 13.5 Å². The van der Waals surface area contributed by atoms with Crippen LogP contribution in [0.2, 0.25) is 0 Å². The molecule has 4 N–H and O–H groups in total. The Morgan fingerprint density at radius 1 is 1.10 bits per heavy atom. The average Bonchev–Trinajstić information content (AvgIpc) is 3.14. The monoisotopic (exact) mass is 411 g/mol. The van der Waals surface area contributed by atoms with Gasteiger partial charge in [-0.3, -0.25) is 4.98 Å². The first-order valence-electron chi connectivity index (χ1n) is 9.87. The SMILES string of the molecule is CNc1ccc2ccc(OCc3cncc(-c4c(C)[nH]c5c(N)ncnc45)c3)cc2n1. The maximum atomic E-state index is 6.03. The number of nitrogens with one attached hydrogen (secondary N) is 2. The molecule has 0 aliphatic rings. The van der Waals surface area contributed by atoms with E-state index in [9.17, 15) is 0 Å². The molecule has 0 unspecified atom stereocenters. The Morgan fingerprint density at radius 2 is 1.97 bits per heavy atom. The highest BCUT2D eigenvalue weighted by Gasteiger charge is 2.15. The van der Waals surface area contributed by atoms with Gasteiger partial charge in [-0.1, -0.05) is 0 Å². The van der Waals surface area contributed by atoms with Gasteiger partial charge in [0.05, 0.1) is 5.52 Å². The number of nitrogens with two attached hydrogens (primary N) is 1. The Morgan fingerprint density at radius 3 is 2.84 bits per heavy atom.